The molecule has 0 aliphatic carbocycles. The maximum atomic E-state index is 12.3. The number of halogens is 1. The molecule has 3 rings (SSSR count). The molecule has 126 valence electrons. The third-order valence-electron chi connectivity index (χ3n) is 4.49. The third kappa shape index (κ3) is 4.37. The van der Waals surface area contributed by atoms with Crippen LogP contribution in [0.3, 0.4) is 0 Å². The molecule has 24 heavy (non-hydrogen) atoms. The summed E-state index contributed by atoms with van der Waals surface area (Å²) < 4.78 is 0. The summed E-state index contributed by atoms with van der Waals surface area (Å²) in [4.78, 5) is 14.8. The summed E-state index contributed by atoms with van der Waals surface area (Å²) >= 11 is 6.08. The van der Waals surface area contributed by atoms with Crippen molar-refractivity contribution in [1.82, 2.24) is 4.90 Å². The standard InChI is InChI=1S/C20H23ClN2O/c1-15-5-4-12-23(13-15)14-16-8-10-17(11-9-16)20(24)22-19-7-3-2-6-18(19)21/h2-3,6-11,15H,4-5,12-14H2,1H3,(H,22,24)/t15-/m0/s1. The molecule has 4 heteroatoms. The number of benzene rings is 2. The van der Waals surface area contributed by atoms with E-state index in [0.29, 0.717) is 16.3 Å². The van der Waals surface area contributed by atoms with Crippen LogP contribution in [0.15, 0.2) is 48.5 Å². The van der Waals surface area contributed by atoms with Crippen molar-refractivity contribution in [3.63, 3.8) is 0 Å². The van der Waals surface area contributed by atoms with Gasteiger partial charge in [0.25, 0.3) is 5.91 Å². The van der Waals surface area contributed by atoms with Crippen LogP contribution in [-0.4, -0.2) is 23.9 Å². The van der Waals surface area contributed by atoms with E-state index in [1.54, 1.807) is 12.1 Å². The van der Waals surface area contributed by atoms with E-state index in [-0.39, 0.29) is 5.91 Å². The SMILES string of the molecule is C[C@H]1CCCN(Cc2ccc(C(=O)Nc3ccccc3Cl)cc2)C1. The number of carbonyl (C=O) groups is 1. The minimum atomic E-state index is -0.138. The highest BCUT2D eigenvalue weighted by Crippen LogP contribution is 2.22. The number of nitrogens with zero attached hydrogens (tertiary/aromatic N) is 1. The van der Waals surface area contributed by atoms with Crippen molar-refractivity contribution in [3.05, 3.63) is 64.7 Å². The summed E-state index contributed by atoms with van der Waals surface area (Å²) in [5, 5.41) is 3.40. The lowest BCUT2D eigenvalue weighted by molar-refractivity contribution is 0.102. The molecule has 2 aromatic rings. The van der Waals surface area contributed by atoms with Crippen LogP contribution in [0.25, 0.3) is 0 Å². The summed E-state index contributed by atoms with van der Waals surface area (Å²) in [5.41, 5.74) is 2.53. The Morgan fingerprint density at radius 1 is 1.21 bits per heavy atom. The maximum absolute atomic E-state index is 12.3. The van der Waals surface area contributed by atoms with Gasteiger partial charge in [0.2, 0.25) is 0 Å². The van der Waals surface area contributed by atoms with Gasteiger partial charge in [0.15, 0.2) is 0 Å². The Morgan fingerprint density at radius 3 is 2.67 bits per heavy atom. The van der Waals surface area contributed by atoms with Crippen LogP contribution < -0.4 is 5.32 Å². The third-order valence-corrected chi connectivity index (χ3v) is 4.82. The van der Waals surface area contributed by atoms with Crippen LogP contribution in [0.4, 0.5) is 5.69 Å². The fraction of sp³-hybridized carbons (Fsp3) is 0.350. The van der Waals surface area contributed by atoms with E-state index in [4.69, 9.17) is 11.6 Å². The molecule has 1 aliphatic heterocycles. The molecular formula is C20H23ClN2O. The molecule has 1 heterocycles. The van der Waals surface area contributed by atoms with Crippen molar-refractivity contribution in [2.24, 2.45) is 5.92 Å². The predicted molar refractivity (Wildman–Crippen MR) is 99.5 cm³/mol. The number of para-hydroxylation sites is 1. The van der Waals surface area contributed by atoms with Crippen LogP contribution in [0.5, 0.6) is 0 Å². The van der Waals surface area contributed by atoms with E-state index < -0.39 is 0 Å². The van der Waals surface area contributed by atoms with Gasteiger partial charge in [0.1, 0.15) is 0 Å². The molecule has 0 bridgehead atoms. The smallest absolute Gasteiger partial charge is 0.255 e. The Morgan fingerprint density at radius 2 is 1.96 bits per heavy atom. The number of carbonyl (C=O) groups excluding carboxylic acids is 1. The number of piperidine rings is 1. The molecule has 1 aliphatic rings. The minimum absolute atomic E-state index is 0.138. The zero-order valence-electron chi connectivity index (χ0n) is 14.0. The van der Waals surface area contributed by atoms with Crippen LogP contribution in [-0.2, 0) is 6.54 Å². The molecule has 0 saturated carbocycles. The van der Waals surface area contributed by atoms with Crippen LogP contribution in [0.1, 0.15) is 35.7 Å². The van der Waals surface area contributed by atoms with Crippen molar-refractivity contribution < 1.29 is 4.79 Å². The van der Waals surface area contributed by atoms with E-state index >= 15 is 0 Å². The first-order valence-electron chi connectivity index (χ1n) is 8.49. The second-order valence-electron chi connectivity index (χ2n) is 6.61. The fourth-order valence-electron chi connectivity index (χ4n) is 3.21. The number of likely N-dealkylation sites (tertiary alicyclic amines) is 1. The molecule has 1 fully saturated rings. The quantitative estimate of drug-likeness (QED) is 0.863. The van der Waals surface area contributed by atoms with Gasteiger partial charge in [-0.05, 0) is 55.1 Å². The van der Waals surface area contributed by atoms with Gasteiger partial charge in [-0.15, -0.1) is 0 Å². The largest absolute Gasteiger partial charge is 0.321 e. The summed E-state index contributed by atoms with van der Waals surface area (Å²) in [6, 6.07) is 15.1. The second kappa shape index (κ2) is 7.82. The lowest BCUT2D eigenvalue weighted by Gasteiger charge is -2.30. The zero-order chi connectivity index (χ0) is 16.9. The molecule has 0 spiro atoms. The number of amides is 1. The lowest BCUT2D eigenvalue weighted by atomic mass is 9.99. The average molecular weight is 343 g/mol. The van der Waals surface area contributed by atoms with Gasteiger partial charge in [-0.2, -0.15) is 0 Å². The van der Waals surface area contributed by atoms with Gasteiger partial charge in [-0.3, -0.25) is 9.69 Å². The minimum Gasteiger partial charge on any atom is -0.321 e. The van der Waals surface area contributed by atoms with Crippen LogP contribution in [0, 0.1) is 5.92 Å². The molecule has 1 saturated heterocycles. The molecule has 1 N–H and O–H groups in total. The molecule has 3 nitrogen and oxygen atoms in total. The number of rotatable bonds is 4. The molecule has 0 unspecified atom stereocenters. The maximum Gasteiger partial charge on any atom is 0.255 e. The first-order valence-corrected chi connectivity index (χ1v) is 8.87. The van der Waals surface area contributed by atoms with Crippen LogP contribution in [0.2, 0.25) is 5.02 Å². The Kier molecular flexibility index (Phi) is 5.54. The molecule has 2 aromatic carbocycles. The Hall–Kier alpha value is -1.84. The second-order valence-corrected chi connectivity index (χ2v) is 7.02. The topological polar surface area (TPSA) is 32.3 Å². The molecule has 1 atom stereocenters. The number of anilines is 1. The summed E-state index contributed by atoms with van der Waals surface area (Å²) in [6.45, 7) is 5.60. The number of hydrogen-bond donors (Lipinski definition) is 1. The van der Waals surface area contributed by atoms with Crippen molar-refractivity contribution in [1.29, 1.82) is 0 Å². The van der Waals surface area contributed by atoms with E-state index in [0.717, 1.165) is 19.0 Å². The van der Waals surface area contributed by atoms with E-state index in [2.05, 4.69) is 17.1 Å². The molecule has 1 amide bonds. The first-order chi connectivity index (χ1) is 11.6. The Balaban J connectivity index is 1.61. The van der Waals surface area contributed by atoms with Gasteiger partial charge in [-0.25, -0.2) is 0 Å². The van der Waals surface area contributed by atoms with Crippen LogP contribution >= 0.6 is 11.6 Å². The first kappa shape index (κ1) is 17.0. The fourth-order valence-corrected chi connectivity index (χ4v) is 3.39. The average Bonchev–Trinajstić information content (AvgIpc) is 2.57. The van der Waals surface area contributed by atoms with Crippen molar-refractivity contribution in [3.8, 4) is 0 Å². The normalized spacial score (nSPS) is 18.3. The summed E-state index contributed by atoms with van der Waals surface area (Å²) in [6.07, 6.45) is 2.61. The van der Waals surface area contributed by atoms with Crippen molar-refractivity contribution in [2.45, 2.75) is 26.3 Å². The lowest BCUT2D eigenvalue weighted by Crippen LogP contribution is -2.33. The zero-order valence-corrected chi connectivity index (χ0v) is 14.7. The Labute approximate surface area is 148 Å². The summed E-state index contributed by atoms with van der Waals surface area (Å²) in [7, 11) is 0. The number of nitrogens with one attached hydrogen (secondary N) is 1. The van der Waals surface area contributed by atoms with Gasteiger partial charge in [0.05, 0.1) is 10.7 Å². The van der Waals surface area contributed by atoms with Gasteiger partial charge >= 0.3 is 0 Å². The highest BCUT2D eigenvalue weighted by molar-refractivity contribution is 6.33. The highest BCUT2D eigenvalue weighted by atomic mass is 35.5. The van der Waals surface area contributed by atoms with Crippen molar-refractivity contribution >= 4 is 23.2 Å². The predicted octanol–water partition coefficient (Wildman–Crippen LogP) is 4.82. The van der Waals surface area contributed by atoms with E-state index in [9.17, 15) is 4.79 Å². The van der Waals surface area contributed by atoms with Crippen molar-refractivity contribution in [2.75, 3.05) is 18.4 Å². The number of hydrogen-bond acceptors (Lipinski definition) is 2. The molecule has 0 radical (unpaired) electrons. The van der Waals surface area contributed by atoms with Gasteiger partial charge in [-0.1, -0.05) is 42.8 Å². The van der Waals surface area contributed by atoms with E-state index in [1.165, 1.54) is 24.9 Å². The highest BCUT2D eigenvalue weighted by Gasteiger charge is 2.16. The van der Waals surface area contributed by atoms with E-state index in [1.807, 2.05) is 36.4 Å². The molecule has 0 aromatic heterocycles. The van der Waals surface area contributed by atoms with Gasteiger partial charge in [0, 0.05) is 18.7 Å². The molecular weight excluding hydrogens is 320 g/mol. The summed E-state index contributed by atoms with van der Waals surface area (Å²) in [5.74, 6) is 0.640. The van der Waals surface area contributed by atoms with Gasteiger partial charge < -0.3 is 5.32 Å². The Bertz CT molecular complexity index is 699. The monoisotopic (exact) mass is 342 g/mol.